The minimum atomic E-state index is -0.726. The van der Waals surface area contributed by atoms with Crippen molar-refractivity contribution in [1.82, 2.24) is 0 Å². The summed E-state index contributed by atoms with van der Waals surface area (Å²) in [5, 5.41) is 12.5. The van der Waals surface area contributed by atoms with Crippen LogP contribution in [0.25, 0.3) is 10.4 Å². The highest BCUT2D eigenvalue weighted by atomic mass is 16.8. The summed E-state index contributed by atoms with van der Waals surface area (Å²) in [6, 6.07) is 0. The van der Waals surface area contributed by atoms with Gasteiger partial charge in [-0.15, -0.1) is 0 Å². The van der Waals surface area contributed by atoms with E-state index in [2.05, 4.69) is 10.0 Å². The van der Waals surface area contributed by atoms with Crippen LogP contribution in [0.5, 0.6) is 0 Å². The van der Waals surface area contributed by atoms with Gasteiger partial charge in [-0.1, -0.05) is 5.11 Å². The number of nitrogens with zero attached hydrogens (tertiary/aromatic N) is 3. The lowest BCUT2D eigenvalue weighted by Crippen LogP contribution is -2.31. The van der Waals surface area contributed by atoms with E-state index < -0.39 is 24.2 Å². The molecular weight excluding hydrogens is 202 g/mol. The molecule has 2 rings (SSSR count). The van der Waals surface area contributed by atoms with Gasteiger partial charge in [0.25, 0.3) is 0 Å². The highest BCUT2D eigenvalue weighted by Gasteiger charge is 2.54. The SMILES string of the molecule is CC1(C)OC2C(O1)[C@@H](CO)O[C@H]2N=[N+]=[N-]. The fourth-order valence-electron chi connectivity index (χ4n) is 1.95. The Morgan fingerprint density at radius 3 is 2.67 bits per heavy atom. The maximum absolute atomic E-state index is 9.07. The van der Waals surface area contributed by atoms with Crippen molar-refractivity contribution in [1.29, 1.82) is 0 Å². The van der Waals surface area contributed by atoms with Gasteiger partial charge in [0.2, 0.25) is 0 Å². The molecule has 2 saturated heterocycles. The second-order valence-electron chi connectivity index (χ2n) is 4.02. The van der Waals surface area contributed by atoms with Crippen LogP contribution in [0.4, 0.5) is 0 Å². The maximum atomic E-state index is 9.07. The third-order valence-electron chi connectivity index (χ3n) is 2.47. The van der Waals surface area contributed by atoms with Crippen molar-refractivity contribution in [2.45, 2.75) is 44.2 Å². The standard InChI is InChI=1S/C8H13N3O4/c1-8(2)14-5-4(3-12)13-7(10-11-9)6(5)15-8/h4-7,12H,3H2,1-2H3/t4-,5?,6?,7-/m1/s1. The summed E-state index contributed by atoms with van der Waals surface area (Å²) in [6.45, 7) is 3.36. The second kappa shape index (κ2) is 3.62. The van der Waals surface area contributed by atoms with Gasteiger partial charge in [-0.05, 0) is 19.4 Å². The van der Waals surface area contributed by atoms with E-state index in [1.54, 1.807) is 13.8 Å². The molecule has 2 aliphatic rings. The molecular formula is C8H13N3O4. The fourth-order valence-corrected chi connectivity index (χ4v) is 1.95. The Morgan fingerprint density at radius 2 is 2.07 bits per heavy atom. The average molecular weight is 215 g/mol. The molecule has 15 heavy (non-hydrogen) atoms. The second-order valence-corrected chi connectivity index (χ2v) is 4.02. The van der Waals surface area contributed by atoms with E-state index in [0.29, 0.717) is 0 Å². The molecule has 7 heteroatoms. The lowest BCUT2D eigenvalue weighted by Gasteiger charge is -2.21. The lowest BCUT2D eigenvalue weighted by atomic mass is 10.1. The van der Waals surface area contributed by atoms with Crippen LogP contribution in [0, 0.1) is 0 Å². The molecule has 2 unspecified atom stereocenters. The normalized spacial score (nSPS) is 42.3. The zero-order chi connectivity index (χ0) is 11.1. The molecule has 0 aliphatic carbocycles. The fraction of sp³-hybridized carbons (Fsp3) is 1.00. The Morgan fingerprint density at radius 1 is 1.40 bits per heavy atom. The van der Waals surface area contributed by atoms with Crippen molar-refractivity contribution in [2.75, 3.05) is 6.61 Å². The zero-order valence-electron chi connectivity index (χ0n) is 8.53. The molecule has 2 fully saturated rings. The Labute approximate surface area is 86.6 Å². The molecule has 0 aromatic carbocycles. The molecule has 0 amide bonds. The largest absolute Gasteiger partial charge is 0.394 e. The number of aliphatic hydroxyl groups is 1. The molecule has 0 spiro atoms. The van der Waals surface area contributed by atoms with Crippen LogP contribution in [-0.4, -0.2) is 42.0 Å². The first-order chi connectivity index (χ1) is 7.07. The van der Waals surface area contributed by atoms with Crippen LogP contribution in [0.15, 0.2) is 5.11 Å². The first-order valence-electron chi connectivity index (χ1n) is 4.73. The molecule has 1 N–H and O–H groups in total. The Hall–Kier alpha value is -0.850. The molecule has 4 atom stereocenters. The van der Waals surface area contributed by atoms with Crippen LogP contribution in [0.2, 0.25) is 0 Å². The summed E-state index contributed by atoms with van der Waals surface area (Å²) in [4.78, 5) is 2.68. The van der Waals surface area contributed by atoms with Crippen LogP contribution < -0.4 is 0 Å². The third-order valence-corrected chi connectivity index (χ3v) is 2.47. The van der Waals surface area contributed by atoms with Gasteiger partial charge in [-0.25, -0.2) is 0 Å². The van der Waals surface area contributed by atoms with E-state index in [1.807, 2.05) is 0 Å². The molecule has 0 aromatic rings. The summed E-state index contributed by atoms with van der Waals surface area (Å²) in [6.07, 6.45) is -2.03. The van der Waals surface area contributed by atoms with Gasteiger partial charge < -0.3 is 19.3 Å². The monoisotopic (exact) mass is 215 g/mol. The molecule has 0 aromatic heterocycles. The highest BCUT2D eigenvalue weighted by Crippen LogP contribution is 2.38. The van der Waals surface area contributed by atoms with Gasteiger partial charge in [0.15, 0.2) is 12.0 Å². The minimum absolute atomic E-state index is 0.182. The number of hydrogen-bond donors (Lipinski definition) is 1. The van der Waals surface area contributed by atoms with E-state index in [4.69, 9.17) is 24.8 Å². The number of rotatable bonds is 2. The number of ether oxygens (including phenoxy) is 3. The first-order valence-corrected chi connectivity index (χ1v) is 4.73. The van der Waals surface area contributed by atoms with Crippen molar-refractivity contribution >= 4 is 0 Å². The highest BCUT2D eigenvalue weighted by molar-refractivity contribution is 4.96. The number of aliphatic hydroxyl groups excluding tert-OH is 1. The maximum Gasteiger partial charge on any atom is 0.165 e. The lowest BCUT2D eigenvalue weighted by molar-refractivity contribution is -0.189. The van der Waals surface area contributed by atoms with Crippen molar-refractivity contribution in [3.8, 4) is 0 Å². The Balaban J connectivity index is 2.18. The summed E-state index contributed by atoms with van der Waals surface area (Å²) in [5.74, 6) is -0.726. The van der Waals surface area contributed by atoms with Gasteiger partial charge in [0.1, 0.15) is 18.3 Å². The first kappa shape index (κ1) is 10.7. The molecule has 84 valence electrons. The van der Waals surface area contributed by atoms with Crippen molar-refractivity contribution in [3.05, 3.63) is 10.4 Å². The number of fused-ring (bicyclic) bond motifs is 1. The summed E-state index contributed by atoms with van der Waals surface area (Å²) in [5.41, 5.74) is 8.36. The third kappa shape index (κ3) is 1.80. The van der Waals surface area contributed by atoms with Gasteiger partial charge in [-0.3, -0.25) is 0 Å². The van der Waals surface area contributed by atoms with Crippen molar-refractivity contribution in [3.63, 3.8) is 0 Å². The van der Waals surface area contributed by atoms with Crippen LogP contribution in [-0.2, 0) is 14.2 Å². The van der Waals surface area contributed by atoms with Crippen LogP contribution >= 0.6 is 0 Å². The molecule has 0 saturated carbocycles. The molecule has 0 bridgehead atoms. The predicted octanol–water partition coefficient (Wildman–Crippen LogP) is 0.534. The van der Waals surface area contributed by atoms with Gasteiger partial charge in [0, 0.05) is 4.91 Å². The molecule has 0 radical (unpaired) electrons. The summed E-state index contributed by atoms with van der Waals surface area (Å²) < 4.78 is 16.4. The molecule has 7 nitrogen and oxygen atoms in total. The molecule has 2 aliphatic heterocycles. The van der Waals surface area contributed by atoms with E-state index in [-0.39, 0.29) is 12.7 Å². The predicted molar refractivity (Wildman–Crippen MR) is 48.7 cm³/mol. The van der Waals surface area contributed by atoms with Crippen molar-refractivity contribution in [2.24, 2.45) is 5.11 Å². The topological polar surface area (TPSA) is 96.7 Å². The van der Waals surface area contributed by atoms with E-state index >= 15 is 0 Å². The number of azide groups is 1. The summed E-state index contributed by atoms with van der Waals surface area (Å²) >= 11 is 0. The minimum Gasteiger partial charge on any atom is -0.394 e. The summed E-state index contributed by atoms with van der Waals surface area (Å²) in [7, 11) is 0. The van der Waals surface area contributed by atoms with E-state index in [1.165, 1.54) is 0 Å². The smallest absolute Gasteiger partial charge is 0.165 e. The number of hydrogen-bond acceptors (Lipinski definition) is 5. The average Bonchev–Trinajstić information content (AvgIpc) is 2.61. The van der Waals surface area contributed by atoms with Gasteiger partial charge >= 0.3 is 0 Å². The van der Waals surface area contributed by atoms with Crippen LogP contribution in [0.1, 0.15) is 13.8 Å². The zero-order valence-corrected chi connectivity index (χ0v) is 8.53. The Bertz CT molecular complexity index is 302. The Kier molecular flexibility index (Phi) is 2.57. The van der Waals surface area contributed by atoms with Crippen molar-refractivity contribution < 1.29 is 19.3 Å². The quantitative estimate of drug-likeness (QED) is 0.413. The van der Waals surface area contributed by atoms with Gasteiger partial charge in [-0.2, -0.15) is 0 Å². The molecule has 2 heterocycles. The van der Waals surface area contributed by atoms with Crippen LogP contribution in [0.3, 0.4) is 0 Å². The van der Waals surface area contributed by atoms with Gasteiger partial charge in [0.05, 0.1) is 6.61 Å². The van der Waals surface area contributed by atoms with E-state index in [9.17, 15) is 0 Å². The van der Waals surface area contributed by atoms with E-state index in [0.717, 1.165) is 0 Å².